The molecule has 0 aliphatic carbocycles. The molecule has 1 atom stereocenters. The number of rotatable bonds is 6. The second kappa shape index (κ2) is 5.94. The van der Waals surface area contributed by atoms with Gasteiger partial charge in [-0.3, -0.25) is 4.79 Å². The molecule has 1 aromatic rings. The van der Waals surface area contributed by atoms with Crippen LogP contribution < -0.4 is 0 Å². The first kappa shape index (κ1) is 13.1. The van der Waals surface area contributed by atoms with Gasteiger partial charge in [0.25, 0.3) is 0 Å². The Morgan fingerprint density at radius 2 is 2.00 bits per heavy atom. The lowest BCUT2D eigenvalue weighted by atomic mass is 9.76. The normalized spacial score (nSPS) is 14.4. The van der Waals surface area contributed by atoms with E-state index in [1.807, 2.05) is 43.5 Å². The van der Waals surface area contributed by atoms with Crippen molar-refractivity contribution >= 4 is 17.7 Å². The first-order chi connectivity index (χ1) is 7.67. The van der Waals surface area contributed by atoms with Gasteiger partial charge in [0, 0.05) is 0 Å². The lowest BCUT2D eigenvalue weighted by Gasteiger charge is -2.28. The standard InChI is InChI=1S/C13H18O2S/c1-3-13(12(14)15,9-10-16-2)11-7-5-4-6-8-11/h4-8H,3,9-10H2,1-2H3,(H,14,15). The Balaban J connectivity index is 3.07. The molecule has 0 heterocycles. The predicted molar refractivity (Wildman–Crippen MR) is 69.0 cm³/mol. The molecular weight excluding hydrogens is 220 g/mol. The van der Waals surface area contributed by atoms with Gasteiger partial charge in [-0.05, 0) is 30.4 Å². The topological polar surface area (TPSA) is 37.3 Å². The maximum Gasteiger partial charge on any atom is 0.314 e. The van der Waals surface area contributed by atoms with Crippen LogP contribution in [-0.2, 0) is 10.2 Å². The van der Waals surface area contributed by atoms with Crippen LogP contribution in [0.15, 0.2) is 30.3 Å². The van der Waals surface area contributed by atoms with Crippen LogP contribution in [0.1, 0.15) is 25.3 Å². The van der Waals surface area contributed by atoms with E-state index >= 15 is 0 Å². The summed E-state index contributed by atoms with van der Waals surface area (Å²) in [4.78, 5) is 11.5. The average Bonchev–Trinajstić information content (AvgIpc) is 2.31. The van der Waals surface area contributed by atoms with Crippen LogP contribution in [0.4, 0.5) is 0 Å². The summed E-state index contributed by atoms with van der Waals surface area (Å²) in [6.45, 7) is 1.95. The molecule has 1 N–H and O–H groups in total. The molecule has 0 bridgehead atoms. The van der Waals surface area contributed by atoms with Gasteiger partial charge in [-0.1, -0.05) is 37.3 Å². The number of benzene rings is 1. The Morgan fingerprint density at radius 3 is 2.44 bits per heavy atom. The van der Waals surface area contributed by atoms with Crippen LogP contribution in [0.5, 0.6) is 0 Å². The summed E-state index contributed by atoms with van der Waals surface area (Å²) in [6.07, 6.45) is 3.32. The average molecular weight is 238 g/mol. The Morgan fingerprint density at radius 1 is 1.38 bits per heavy atom. The molecule has 0 spiro atoms. The van der Waals surface area contributed by atoms with Crippen LogP contribution in [0, 0.1) is 0 Å². The molecular formula is C13H18O2S. The Hall–Kier alpha value is -0.960. The third kappa shape index (κ3) is 2.59. The van der Waals surface area contributed by atoms with Crippen molar-refractivity contribution in [1.29, 1.82) is 0 Å². The number of thioether (sulfide) groups is 1. The van der Waals surface area contributed by atoms with E-state index in [2.05, 4.69) is 0 Å². The third-order valence-electron chi connectivity index (χ3n) is 3.07. The second-order valence-corrected chi connectivity index (χ2v) is 4.84. The molecule has 3 heteroatoms. The van der Waals surface area contributed by atoms with Gasteiger partial charge in [-0.25, -0.2) is 0 Å². The quantitative estimate of drug-likeness (QED) is 0.827. The zero-order valence-electron chi connectivity index (χ0n) is 9.77. The van der Waals surface area contributed by atoms with Crippen LogP contribution in [-0.4, -0.2) is 23.1 Å². The SMILES string of the molecule is CCC(CCSC)(C(=O)O)c1ccccc1. The van der Waals surface area contributed by atoms with Gasteiger partial charge in [0.05, 0.1) is 5.41 Å². The maximum atomic E-state index is 11.5. The van der Waals surface area contributed by atoms with E-state index in [0.29, 0.717) is 12.8 Å². The molecule has 0 fully saturated rings. The zero-order chi connectivity index (χ0) is 12.0. The molecule has 0 amide bonds. The fourth-order valence-corrected chi connectivity index (χ4v) is 2.49. The van der Waals surface area contributed by atoms with Gasteiger partial charge < -0.3 is 5.11 Å². The van der Waals surface area contributed by atoms with E-state index in [1.165, 1.54) is 0 Å². The highest BCUT2D eigenvalue weighted by Crippen LogP contribution is 2.33. The smallest absolute Gasteiger partial charge is 0.314 e. The van der Waals surface area contributed by atoms with Crippen LogP contribution in [0.2, 0.25) is 0 Å². The minimum Gasteiger partial charge on any atom is -0.481 e. The summed E-state index contributed by atoms with van der Waals surface area (Å²) >= 11 is 1.69. The van der Waals surface area contributed by atoms with E-state index in [4.69, 9.17) is 0 Å². The lowest BCUT2D eigenvalue weighted by Crippen LogP contribution is -2.35. The van der Waals surface area contributed by atoms with Crippen LogP contribution in [0.3, 0.4) is 0 Å². The Kier molecular flexibility index (Phi) is 4.87. The number of carboxylic acid groups (broad SMARTS) is 1. The number of carbonyl (C=O) groups is 1. The van der Waals surface area contributed by atoms with Gasteiger partial charge in [0.2, 0.25) is 0 Å². The van der Waals surface area contributed by atoms with Crippen molar-refractivity contribution in [1.82, 2.24) is 0 Å². The molecule has 1 rings (SSSR count). The van der Waals surface area contributed by atoms with Crippen molar-refractivity contribution in [3.63, 3.8) is 0 Å². The number of carboxylic acids is 1. The molecule has 0 aromatic heterocycles. The molecule has 0 saturated carbocycles. The highest BCUT2D eigenvalue weighted by atomic mass is 32.2. The van der Waals surface area contributed by atoms with Crippen molar-refractivity contribution in [2.24, 2.45) is 0 Å². The molecule has 2 nitrogen and oxygen atoms in total. The van der Waals surface area contributed by atoms with E-state index in [0.717, 1.165) is 11.3 Å². The minimum absolute atomic E-state index is 0.632. The van der Waals surface area contributed by atoms with Gasteiger partial charge in [-0.2, -0.15) is 11.8 Å². The highest BCUT2D eigenvalue weighted by molar-refractivity contribution is 7.98. The van der Waals surface area contributed by atoms with E-state index in [9.17, 15) is 9.90 Å². The van der Waals surface area contributed by atoms with Crippen LogP contribution in [0.25, 0.3) is 0 Å². The van der Waals surface area contributed by atoms with Gasteiger partial charge >= 0.3 is 5.97 Å². The first-order valence-corrected chi connectivity index (χ1v) is 6.84. The van der Waals surface area contributed by atoms with Gasteiger partial charge in [0.15, 0.2) is 0 Å². The first-order valence-electron chi connectivity index (χ1n) is 5.45. The second-order valence-electron chi connectivity index (χ2n) is 3.85. The number of hydrogen-bond donors (Lipinski definition) is 1. The molecule has 16 heavy (non-hydrogen) atoms. The molecule has 0 aliphatic heterocycles. The Labute approximate surface area is 101 Å². The molecule has 0 radical (unpaired) electrons. The maximum absolute atomic E-state index is 11.5. The minimum atomic E-state index is -0.718. The highest BCUT2D eigenvalue weighted by Gasteiger charge is 2.37. The van der Waals surface area contributed by atoms with Gasteiger partial charge in [0.1, 0.15) is 0 Å². The zero-order valence-corrected chi connectivity index (χ0v) is 10.6. The fraction of sp³-hybridized carbons (Fsp3) is 0.462. The van der Waals surface area contributed by atoms with Crippen molar-refractivity contribution in [2.45, 2.75) is 25.2 Å². The summed E-state index contributed by atoms with van der Waals surface area (Å²) in [7, 11) is 0. The molecule has 88 valence electrons. The van der Waals surface area contributed by atoms with E-state index < -0.39 is 11.4 Å². The van der Waals surface area contributed by atoms with E-state index in [-0.39, 0.29) is 0 Å². The van der Waals surface area contributed by atoms with Crippen molar-refractivity contribution in [2.75, 3.05) is 12.0 Å². The molecule has 1 unspecified atom stereocenters. The third-order valence-corrected chi connectivity index (χ3v) is 3.68. The van der Waals surface area contributed by atoms with Crippen molar-refractivity contribution < 1.29 is 9.90 Å². The molecule has 0 saturated heterocycles. The Bertz CT molecular complexity index is 337. The summed E-state index contributed by atoms with van der Waals surface area (Å²) in [5.41, 5.74) is 0.198. The lowest BCUT2D eigenvalue weighted by molar-refractivity contribution is -0.144. The van der Waals surface area contributed by atoms with E-state index in [1.54, 1.807) is 11.8 Å². The predicted octanol–water partition coefficient (Wildman–Crippen LogP) is 3.17. The summed E-state index contributed by atoms with van der Waals surface area (Å²) in [5.74, 6) is 0.157. The summed E-state index contributed by atoms with van der Waals surface area (Å²) in [5, 5.41) is 9.49. The largest absolute Gasteiger partial charge is 0.481 e. The molecule has 0 aliphatic rings. The summed E-state index contributed by atoms with van der Waals surface area (Å²) < 4.78 is 0. The van der Waals surface area contributed by atoms with Crippen molar-refractivity contribution in [3.8, 4) is 0 Å². The monoisotopic (exact) mass is 238 g/mol. The summed E-state index contributed by atoms with van der Waals surface area (Å²) in [6, 6.07) is 9.56. The number of aliphatic carboxylic acids is 1. The number of hydrogen-bond acceptors (Lipinski definition) is 2. The van der Waals surface area contributed by atoms with Crippen LogP contribution >= 0.6 is 11.8 Å². The van der Waals surface area contributed by atoms with Crippen molar-refractivity contribution in [3.05, 3.63) is 35.9 Å². The fourth-order valence-electron chi connectivity index (χ4n) is 1.94. The van der Waals surface area contributed by atoms with Gasteiger partial charge in [-0.15, -0.1) is 0 Å². The molecule has 1 aromatic carbocycles.